The van der Waals surface area contributed by atoms with E-state index in [-0.39, 0.29) is 5.82 Å². The van der Waals surface area contributed by atoms with E-state index in [1.807, 2.05) is 26.0 Å². The quantitative estimate of drug-likeness (QED) is 0.445. The molecule has 2 aromatic carbocycles. The molecule has 0 fully saturated rings. The molecule has 0 unspecified atom stereocenters. The fraction of sp³-hybridized carbons (Fsp3) is 0.227. The average Bonchev–Trinajstić information content (AvgIpc) is 3.08. The summed E-state index contributed by atoms with van der Waals surface area (Å²) < 4.78 is 15.9. The van der Waals surface area contributed by atoms with Crippen molar-refractivity contribution in [2.75, 3.05) is 0 Å². The third-order valence-electron chi connectivity index (χ3n) is 4.80. The summed E-state index contributed by atoms with van der Waals surface area (Å²) in [5, 5.41) is 5.32. The molecule has 0 aliphatic rings. The van der Waals surface area contributed by atoms with Crippen molar-refractivity contribution in [3.05, 3.63) is 88.0 Å². The van der Waals surface area contributed by atoms with Gasteiger partial charge in [-0.3, -0.25) is 0 Å². The number of hydrogen-bond donors (Lipinski definition) is 0. The Morgan fingerprint density at radius 1 is 1.00 bits per heavy atom. The van der Waals surface area contributed by atoms with Crippen LogP contribution < -0.4 is 0 Å². The van der Waals surface area contributed by atoms with E-state index < -0.39 is 0 Å². The molecule has 4 nitrogen and oxygen atoms in total. The van der Waals surface area contributed by atoms with Crippen molar-refractivity contribution in [1.82, 2.24) is 19.6 Å². The molecule has 0 N–H and O–H groups in total. The molecule has 2 heterocycles. The van der Waals surface area contributed by atoms with Crippen LogP contribution >= 0.6 is 11.8 Å². The monoisotopic (exact) mass is 392 g/mol. The molecule has 0 saturated carbocycles. The lowest BCUT2D eigenvalue weighted by molar-refractivity contribution is 0.613. The van der Waals surface area contributed by atoms with E-state index in [9.17, 15) is 4.39 Å². The maximum atomic E-state index is 14.1. The van der Waals surface area contributed by atoms with Gasteiger partial charge in [-0.05, 0) is 43.5 Å². The largest absolute Gasteiger partial charge is 0.253 e. The molecule has 0 aliphatic heterocycles. The van der Waals surface area contributed by atoms with Crippen LogP contribution in [-0.4, -0.2) is 19.6 Å². The number of aromatic nitrogens is 4. The van der Waals surface area contributed by atoms with Gasteiger partial charge in [0.1, 0.15) is 5.82 Å². The minimum absolute atomic E-state index is 0.200. The standard InChI is InChI=1S/C22H21FN4S/c1-14-7-6-8-17(11-14)13-28-22-25-21-24-15(2)19(16(3)27(21)26-22)12-18-9-4-5-10-20(18)23/h4-11H,12-13H2,1-3H3. The van der Waals surface area contributed by atoms with Crippen molar-refractivity contribution in [1.29, 1.82) is 0 Å². The van der Waals surface area contributed by atoms with Gasteiger partial charge in [0.2, 0.25) is 5.16 Å². The van der Waals surface area contributed by atoms with E-state index in [0.29, 0.717) is 22.9 Å². The fourth-order valence-electron chi connectivity index (χ4n) is 3.29. The van der Waals surface area contributed by atoms with Gasteiger partial charge in [-0.25, -0.2) is 13.9 Å². The van der Waals surface area contributed by atoms with Crippen molar-refractivity contribution in [2.45, 2.75) is 38.1 Å². The first-order valence-corrected chi connectivity index (χ1v) is 10.1. The van der Waals surface area contributed by atoms with Crippen LogP contribution in [0.1, 0.15) is 33.6 Å². The lowest BCUT2D eigenvalue weighted by Crippen LogP contribution is -2.07. The molecule has 0 amide bonds. The van der Waals surface area contributed by atoms with Crippen LogP contribution in [-0.2, 0) is 12.2 Å². The highest BCUT2D eigenvalue weighted by Gasteiger charge is 2.15. The summed E-state index contributed by atoms with van der Waals surface area (Å²) in [7, 11) is 0. The van der Waals surface area contributed by atoms with Gasteiger partial charge in [0.05, 0.1) is 0 Å². The van der Waals surface area contributed by atoms with Crippen molar-refractivity contribution in [2.24, 2.45) is 0 Å². The summed E-state index contributed by atoms with van der Waals surface area (Å²) in [6.07, 6.45) is 0.485. The van der Waals surface area contributed by atoms with E-state index in [1.165, 1.54) is 17.2 Å². The van der Waals surface area contributed by atoms with Crippen LogP contribution in [0.5, 0.6) is 0 Å². The Hall–Kier alpha value is -2.73. The highest BCUT2D eigenvalue weighted by atomic mass is 32.2. The zero-order chi connectivity index (χ0) is 19.7. The Labute approximate surface area is 167 Å². The summed E-state index contributed by atoms with van der Waals surface area (Å²) in [4.78, 5) is 9.17. The van der Waals surface area contributed by atoms with E-state index >= 15 is 0 Å². The van der Waals surface area contributed by atoms with Gasteiger partial charge in [-0.2, -0.15) is 4.98 Å². The molecule has 0 atom stereocenters. The molecule has 6 heteroatoms. The molecule has 0 spiro atoms. The Morgan fingerprint density at radius 2 is 1.82 bits per heavy atom. The van der Waals surface area contributed by atoms with E-state index in [1.54, 1.807) is 22.3 Å². The van der Waals surface area contributed by atoms with E-state index in [2.05, 4.69) is 46.3 Å². The molecule has 0 aliphatic carbocycles. The zero-order valence-electron chi connectivity index (χ0n) is 16.1. The summed E-state index contributed by atoms with van der Waals surface area (Å²) in [6.45, 7) is 6.02. The summed E-state index contributed by atoms with van der Waals surface area (Å²) in [5.41, 5.74) is 5.93. The van der Waals surface area contributed by atoms with Crippen LogP contribution in [0.3, 0.4) is 0 Å². The number of thioether (sulfide) groups is 1. The minimum Gasteiger partial charge on any atom is -0.216 e. The Kier molecular flexibility index (Phi) is 5.13. The van der Waals surface area contributed by atoms with Crippen LogP contribution in [0.25, 0.3) is 5.78 Å². The van der Waals surface area contributed by atoms with Gasteiger partial charge in [-0.1, -0.05) is 59.8 Å². The van der Waals surface area contributed by atoms with Crippen molar-refractivity contribution in [3.8, 4) is 0 Å². The maximum absolute atomic E-state index is 14.1. The molecular formula is C22H21FN4S. The molecule has 4 rings (SSSR count). The first kappa shape index (κ1) is 18.6. The number of fused-ring (bicyclic) bond motifs is 1. The molecule has 4 aromatic rings. The predicted molar refractivity (Wildman–Crippen MR) is 110 cm³/mol. The number of halogens is 1. The predicted octanol–water partition coefficient (Wildman–Crippen LogP) is 5.07. The van der Waals surface area contributed by atoms with Gasteiger partial charge >= 0.3 is 0 Å². The number of aryl methyl sites for hydroxylation is 3. The Morgan fingerprint density at radius 3 is 2.61 bits per heavy atom. The number of rotatable bonds is 5. The minimum atomic E-state index is -0.200. The van der Waals surface area contributed by atoms with Gasteiger partial charge in [0.15, 0.2) is 0 Å². The molecule has 2 aromatic heterocycles. The second-order valence-corrected chi connectivity index (χ2v) is 7.86. The van der Waals surface area contributed by atoms with Crippen molar-refractivity contribution >= 4 is 17.5 Å². The highest BCUT2D eigenvalue weighted by Crippen LogP contribution is 2.23. The second kappa shape index (κ2) is 7.72. The van der Waals surface area contributed by atoms with E-state index in [0.717, 1.165) is 22.7 Å². The third-order valence-corrected chi connectivity index (χ3v) is 5.71. The fourth-order valence-corrected chi connectivity index (χ4v) is 4.05. The number of nitrogens with zero attached hydrogens (tertiary/aromatic N) is 4. The average molecular weight is 393 g/mol. The van der Waals surface area contributed by atoms with Crippen LogP contribution in [0.2, 0.25) is 0 Å². The third kappa shape index (κ3) is 3.78. The molecule has 0 bridgehead atoms. The van der Waals surface area contributed by atoms with Gasteiger partial charge in [0.25, 0.3) is 5.78 Å². The lowest BCUT2D eigenvalue weighted by atomic mass is 10.0. The zero-order valence-corrected chi connectivity index (χ0v) is 16.9. The summed E-state index contributed by atoms with van der Waals surface area (Å²) in [6, 6.07) is 15.3. The van der Waals surface area contributed by atoms with Crippen LogP contribution in [0.4, 0.5) is 4.39 Å². The molecule has 142 valence electrons. The molecule has 28 heavy (non-hydrogen) atoms. The molecule has 0 saturated heterocycles. The Balaban J connectivity index is 1.62. The van der Waals surface area contributed by atoms with Gasteiger partial charge in [0, 0.05) is 23.6 Å². The maximum Gasteiger partial charge on any atom is 0.253 e. The Bertz CT molecular complexity index is 1150. The van der Waals surface area contributed by atoms with Gasteiger partial charge < -0.3 is 0 Å². The second-order valence-electron chi connectivity index (χ2n) is 6.91. The van der Waals surface area contributed by atoms with Crippen molar-refractivity contribution in [3.63, 3.8) is 0 Å². The summed E-state index contributed by atoms with van der Waals surface area (Å²) in [5.74, 6) is 1.19. The van der Waals surface area contributed by atoms with Crippen LogP contribution in [0.15, 0.2) is 53.7 Å². The first-order chi connectivity index (χ1) is 13.5. The molecular weight excluding hydrogens is 371 g/mol. The smallest absolute Gasteiger partial charge is 0.216 e. The summed E-state index contributed by atoms with van der Waals surface area (Å²) >= 11 is 1.59. The van der Waals surface area contributed by atoms with E-state index in [4.69, 9.17) is 0 Å². The van der Waals surface area contributed by atoms with Crippen molar-refractivity contribution < 1.29 is 4.39 Å². The highest BCUT2D eigenvalue weighted by molar-refractivity contribution is 7.98. The van der Waals surface area contributed by atoms with Crippen LogP contribution in [0, 0.1) is 26.6 Å². The SMILES string of the molecule is Cc1cccc(CSc2nc3nc(C)c(Cc4ccccc4F)c(C)n3n2)c1. The molecule has 0 radical (unpaired) electrons. The normalized spacial score (nSPS) is 11.3. The first-order valence-electron chi connectivity index (χ1n) is 9.16. The number of benzene rings is 2. The van der Waals surface area contributed by atoms with Gasteiger partial charge in [-0.15, -0.1) is 5.10 Å². The number of hydrogen-bond acceptors (Lipinski definition) is 4. The lowest BCUT2D eigenvalue weighted by Gasteiger charge is -2.10. The topological polar surface area (TPSA) is 43.1 Å².